The molecule has 0 aliphatic carbocycles. The predicted molar refractivity (Wildman–Crippen MR) is 544 cm³/mol. The van der Waals surface area contributed by atoms with Gasteiger partial charge in [-0.3, -0.25) is 86.9 Å². The molecule has 0 saturated carbocycles. The van der Waals surface area contributed by atoms with E-state index in [1.807, 2.05) is 118 Å². The Morgan fingerprint density at radius 2 is 0.436 bits per heavy atom. The second-order valence-electron chi connectivity index (χ2n) is 41.0. The van der Waals surface area contributed by atoms with Crippen LogP contribution in [0.2, 0.25) is 0 Å². The second kappa shape index (κ2) is 74.6. The lowest BCUT2D eigenvalue weighted by Crippen LogP contribution is -2.62. The molecule has 0 aromatic carbocycles. The number of unbranched alkanes of at least 4 members (excludes halogenated alkanes) is 8. The lowest BCUT2D eigenvalue weighted by atomic mass is 9.95. The molecule has 0 rings (SSSR count). The zero-order valence-corrected chi connectivity index (χ0v) is 88.0. The first-order chi connectivity index (χ1) is 66.1. The Labute approximate surface area is 834 Å². The second-order valence-corrected chi connectivity index (χ2v) is 41.0. The van der Waals surface area contributed by atoms with Gasteiger partial charge >= 0.3 is 0 Å². The number of carbonyl (C=O) groups excluding carboxylic acids is 17. The number of hydrazine groups is 1. The summed E-state index contributed by atoms with van der Waals surface area (Å²) in [6, 6.07) is -18.5. The summed E-state index contributed by atoms with van der Waals surface area (Å²) in [4.78, 5) is 243. The third-order valence-corrected chi connectivity index (χ3v) is 23.7. The largest absolute Gasteiger partial charge is 0.355 e. The van der Waals surface area contributed by atoms with Gasteiger partial charge in [0.15, 0.2) is 0 Å². The molecule has 42 nitrogen and oxygen atoms in total. The number of hydrogen-bond donors (Lipinski definition) is 25. The van der Waals surface area contributed by atoms with Crippen LogP contribution in [-0.4, -0.2) is 243 Å². The van der Waals surface area contributed by atoms with Crippen molar-refractivity contribution in [2.45, 2.75) is 414 Å². The van der Waals surface area contributed by atoms with Crippen LogP contribution in [0.1, 0.15) is 324 Å². The van der Waals surface area contributed by atoms with E-state index in [4.69, 9.17) is 46.0 Å². The van der Waals surface area contributed by atoms with E-state index in [0.717, 1.165) is 0 Å². The van der Waals surface area contributed by atoms with Gasteiger partial charge in [-0.2, -0.15) is 0 Å². The molecule has 16 atom stereocenters. The molecule has 808 valence electrons. The fraction of sp³-hybridized carbons (Fsp3) is 0.827. The first kappa shape index (κ1) is 131. The van der Waals surface area contributed by atoms with Crippen molar-refractivity contribution in [3.63, 3.8) is 0 Å². The number of carbonyl (C=O) groups is 17. The molecular formula is C98H189N25O17. The quantitative estimate of drug-likeness (QED) is 0.0175. The van der Waals surface area contributed by atoms with Gasteiger partial charge in [0, 0.05) is 13.0 Å². The highest BCUT2D eigenvalue weighted by atomic mass is 16.2. The SMILES string of the molecule is CC[C@H](C)[C@H](NC(=O)[C@H](CC(C)C)NC(=O)[C@H](CC(C)C)NC(=O)[C@H](CCCCN)NC(=O)[C@H](CCCCN)NC(=O)[C@@H](N)CC(C)C)C(=O)N[C@@H](CC(C)C)C(=O)N[C@@H](CC(C)C)C(=O)N[C@@H](CCCCN)C(=O)N[C@@H](CCCCN)C(=O)N[C@@H](CC(C)C)C(=O)N[C@@H](CC(C)C)C(=O)N[C@@H](CCCCN)C(=O)N[C@@H](CC(C)C)C(=O)N[C@@H](CCCCN)C(=O)NCC(=O)NCCCCCC(=O)NN. The van der Waals surface area contributed by atoms with Gasteiger partial charge in [0.1, 0.15) is 84.6 Å². The molecular weight excluding hydrogens is 1800 g/mol. The molecule has 0 heterocycles. The highest BCUT2D eigenvalue weighted by Crippen LogP contribution is 2.21. The van der Waals surface area contributed by atoms with E-state index in [9.17, 15) is 81.5 Å². The van der Waals surface area contributed by atoms with Crippen molar-refractivity contribution in [1.29, 1.82) is 0 Å². The van der Waals surface area contributed by atoms with Crippen molar-refractivity contribution >= 4 is 100 Å². The van der Waals surface area contributed by atoms with Crippen LogP contribution < -0.4 is 136 Å². The van der Waals surface area contributed by atoms with Gasteiger partial charge in [0.25, 0.3) is 0 Å². The Morgan fingerprint density at radius 1 is 0.221 bits per heavy atom. The Morgan fingerprint density at radius 3 is 0.664 bits per heavy atom. The van der Waals surface area contributed by atoms with Crippen molar-refractivity contribution in [3.05, 3.63) is 0 Å². The van der Waals surface area contributed by atoms with Crippen molar-refractivity contribution in [2.24, 2.45) is 99.2 Å². The average molecular weight is 1990 g/mol. The fourth-order valence-corrected chi connectivity index (χ4v) is 15.8. The summed E-state index contributed by atoms with van der Waals surface area (Å²) in [7, 11) is 0. The number of amides is 17. The van der Waals surface area contributed by atoms with E-state index in [2.05, 4.69) is 90.5 Å². The normalized spacial score (nSPS) is 15.0. The summed E-state index contributed by atoms with van der Waals surface area (Å²) in [6.07, 6.45) is 8.95. The van der Waals surface area contributed by atoms with Crippen molar-refractivity contribution in [3.8, 4) is 0 Å². The summed E-state index contributed by atoms with van der Waals surface area (Å²) in [5.41, 5.74) is 43.6. The topological polar surface area (TPSA) is 703 Å². The minimum Gasteiger partial charge on any atom is -0.355 e. The molecule has 0 bridgehead atoms. The first-order valence-electron chi connectivity index (χ1n) is 51.8. The van der Waals surface area contributed by atoms with E-state index < -0.39 is 198 Å². The zero-order chi connectivity index (χ0) is 106. The highest BCUT2D eigenvalue weighted by molar-refractivity contribution is 6.01. The van der Waals surface area contributed by atoms with Gasteiger partial charge in [-0.1, -0.05) is 137 Å². The van der Waals surface area contributed by atoms with E-state index in [1.165, 1.54) is 0 Å². The van der Waals surface area contributed by atoms with Crippen molar-refractivity contribution in [1.82, 2.24) is 90.5 Å². The number of nitrogens with one attached hydrogen (secondary N) is 17. The van der Waals surface area contributed by atoms with Crippen LogP contribution in [0.5, 0.6) is 0 Å². The van der Waals surface area contributed by atoms with Gasteiger partial charge in [-0.05, 0) is 272 Å². The molecule has 0 saturated heterocycles. The molecule has 0 aromatic heterocycles. The van der Waals surface area contributed by atoms with Crippen LogP contribution in [0.15, 0.2) is 0 Å². The minimum absolute atomic E-state index is 0.0136. The molecule has 0 fully saturated rings. The van der Waals surface area contributed by atoms with Gasteiger partial charge in [-0.25, -0.2) is 5.84 Å². The van der Waals surface area contributed by atoms with Crippen LogP contribution >= 0.6 is 0 Å². The van der Waals surface area contributed by atoms with Gasteiger partial charge in [0.2, 0.25) is 100 Å². The minimum atomic E-state index is -1.34. The third kappa shape index (κ3) is 57.7. The van der Waals surface area contributed by atoms with Gasteiger partial charge in [0.05, 0.1) is 12.6 Å². The van der Waals surface area contributed by atoms with Crippen LogP contribution in [0, 0.1) is 53.3 Å². The number of nitrogens with two attached hydrogens (primary N) is 8. The van der Waals surface area contributed by atoms with Crippen LogP contribution in [0.3, 0.4) is 0 Å². The van der Waals surface area contributed by atoms with E-state index in [0.29, 0.717) is 129 Å². The molecule has 0 aromatic rings. The molecule has 33 N–H and O–H groups in total. The summed E-state index contributed by atoms with van der Waals surface area (Å²) < 4.78 is 0. The average Bonchev–Trinajstić information content (AvgIpc) is 0.843. The molecule has 0 spiro atoms. The molecule has 0 aliphatic heterocycles. The summed E-state index contributed by atoms with van der Waals surface area (Å²) in [6.45, 7) is 34.6. The molecule has 0 unspecified atom stereocenters. The lowest BCUT2D eigenvalue weighted by molar-refractivity contribution is -0.137. The first-order valence-corrected chi connectivity index (χ1v) is 51.8. The molecule has 140 heavy (non-hydrogen) atoms. The summed E-state index contributed by atoms with van der Waals surface area (Å²) in [5.74, 6) is -8.39. The third-order valence-electron chi connectivity index (χ3n) is 23.7. The molecule has 0 radical (unpaired) electrons. The molecule has 0 aliphatic rings. The standard InChI is InChI=1S/C98H189N25O17/c1-19-66(18)83(122-97(139)80(56-65(16)17)120-95(137)78(54-63(12)13)117-88(130)71(38-25-31-45-102)111-86(128)69(36-23-29-43-100)109-84(126)67(105)49-58(2)3)98(140)121-79(55-64(14)15)96(138)119-76(52-61(8)9)92(134)113-70(37-24-30-44-101)87(129)112-72(39-26-32-46-103)89(131)116-77(53-62(10)11)94(136)118-75(51-60(6)7)93(135)114-73(40-27-33-47-104)90(132)115-74(50-59(4)5)91(133)110-68(35-22-28-42-99)85(127)108-57-82(125)107-48-34-20-21-41-81(124)123-106/h58-80,83H,19-57,99-106H2,1-18H3,(H,107,125)(H,108,127)(H,109,126)(H,110,133)(H,111,128)(H,112,129)(H,113,134)(H,114,135)(H,115,132)(H,116,131)(H,117,130)(H,118,136)(H,119,138)(H,120,137)(H,121,140)(H,122,139)(H,123,124)/t66-,67-,68-,69-,70-,71-,72-,73-,74-,75-,76-,77-,78-,79-,80-,83-/m0/s1. The maximum absolute atomic E-state index is 15.0. The maximum atomic E-state index is 15.0. The predicted octanol–water partition coefficient (Wildman–Crippen LogP) is 1.07. The van der Waals surface area contributed by atoms with E-state index in [1.54, 1.807) is 6.92 Å². The Balaban J connectivity index is 7.39. The Bertz CT molecular complexity index is 3690. The fourth-order valence-electron chi connectivity index (χ4n) is 15.8. The summed E-state index contributed by atoms with van der Waals surface area (Å²) in [5, 5.41) is 45.0. The monoisotopic (exact) mass is 1990 g/mol. The summed E-state index contributed by atoms with van der Waals surface area (Å²) >= 11 is 0. The number of hydrogen-bond acceptors (Lipinski definition) is 25. The Kier molecular flexibility index (Phi) is 69.6. The Hall–Kier alpha value is -9.33. The van der Waals surface area contributed by atoms with Crippen LogP contribution in [0.4, 0.5) is 0 Å². The highest BCUT2D eigenvalue weighted by Gasteiger charge is 2.41. The maximum Gasteiger partial charge on any atom is 0.243 e. The van der Waals surface area contributed by atoms with Gasteiger partial charge < -0.3 is 125 Å². The van der Waals surface area contributed by atoms with E-state index >= 15 is 0 Å². The van der Waals surface area contributed by atoms with Crippen molar-refractivity contribution < 1.29 is 81.5 Å². The molecule has 42 heteroatoms. The number of rotatable bonds is 79. The van der Waals surface area contributed by atoms with Crippen LogP contribution in [0.25, 0.3) is 0 Å². The molecule has 17 amide bonds. The van der Waals surface area contributed by atoms with E-state index in [-0.39, 0.29) is 169 Å². The smallest absolute Gasteiger partial charge is 0.243 e. The lowest BCUT2D eigenvalue weighted by Gasteiger charge is -2.31. The zero-order valence-electron chi connectivity index (χ0n) is 88.0. The van der Waals surface area contributed by atoms with Crippen molar-refractivity contribution in [2.75, 3.05) is 52.4 Å². The van der Waals surface area contributed by atoms with Crippen LogP contribution in [-0.2, 0) is 81.5 Å². The van der Waals surface area contributed by atoms with Gasteiger partial charge in [-0.15, -0.1) is 0 Å².